The molecule has 95 valence electrons. The molecule has 1 rings (SSSR count). The average molecular weight is 279 g/mol. The fourth-order valence-corrected chi connectivity index (χ4v) is 2.73. The van der Waals surface area contributed by atoms with Crippen molar-refractivity contribution in [1.82, 2.24) is 0 Å². The molecule has 17 heavy (non-hydrogen) atoms. The summed E-state index contributed by atoms with van der Waals surface area (Å²) in [6, 6.07) is 3.21. The zero-order chi connectivity index (χ0) is 13.3. The van der Waals surface area contributed by atoms with E-state index in [1.165, 1.54) is 6.07 Å². The highest BCUT2D eigenvalue weighted by Crippen LogP contribution is 2.19. The zero-order valence-electron chi connectivity index (χ0n) is 8.66. The molecule has 0 spiro atoms. The Hall–Kier alpha value is -1.00. The maximum atomic E-state index is 11.2. The van der Waals surface area contributed by atoms with Crippen molar-refractivity contribution in [2.75, 3.05) is 6.61 Å². The van der Waals surface area contributed by atoms with E-state index in [1.807, 2.05) is 0 Å². The van der Waals surface area contributed by atoms with E-state index in [0.29, 0.717) is 0 Å². The summed E-state index contributed by atoms with van der Waals surface area (Å²) in [6.07, 6.45) is -0.0589. The van der Waals surface area contributed by atoms with Gasteiger partial charge in [0, 0.05) is 6.42 Å². The number of rotatable bonds is 4. The molecule has 0 saturated heterocycles. The molecule has 1 aromatic rings. The van der Waals surface area contributed by atoms with Crippen molar-refractivity contribution < 1.29 is 21.9 Å². The van der Waals surface area contributed by atoms with Crippen molar-refractivity contribution in [2.24, 2.45) is 10.3 Å². The van der Waals surface area contributed by atoms with Crippen LogP contribution in [0.3, 0.4) is 0 Å². The third kappa shape index (κ3) is 3.48. The van der Waals surface area contributed by atoms with Crippen LogP contribution in [0.1, 0.15) is 5.56 Å². The van der Waals surface area contributed by atoms with Gasteiger partial charge in [-0.05, 0) is 17.7 Å². The van der Waals surface area contributed by atoms with Crippen molar-refractivity contribution >= 4 is 20.0 Å². The van der Waals surface area contributed by atoms with E-state index < -0.39 is 26.7 Å². The van der Waals surface area contributed by atoms with Gasteiger partial charge < -0.3 is 0 Å². The van der Waals surface area contributed by atoms with Crippen molar-refractivity contribution in [3.05, 3.63) is 23.8 Å². The molecular weight excluding hydrogens is 268 g/mol. The van der Waals surface area contributed by atoms with E-state index in [4.69, 9.17) is 10.3 Å². The largest absolute Gasteiger partial charge is 0.238 e. The van der Waals surface area contributed by atoms with Gasteiger partial charge in [0.1, 0.15) is 0 Å². The molecule has 0 aromatic heterocycles. The normalized spacial score (nSPS) is 12.6. The number of sulfonamides is 2. The summed E-state index contributed by atoms with van der Waals surface area (Å²) in [5, 5.41) is 20.3. The Kier molecular flexibility index (Phi) is 3.89. The first-order chi connectivity index (χ1) is 7.66. The van der Waals surface area contributed by atoms with Gasteiger partial charge in [-0.3, -0.25) is 0 Å². The first-order valence-electron chi connectivity index (χ1n) is 4.43. The Morgan fingerprint density at radius 2 is 1.59 bits per heavy atom. The molecule has 0 aliphatic heterocycles. The monoisotopic (exact) mass is 279 g/mol. The molecule has 1 aromatic carbocycles. The lowest BCUT2D eigenvalue weighted by Crippen LogP contribution is -2.18. The van der Waals surface area contributed by atoms with Gasteiger partial charge in [-0.1, -0.05) is 6.07 Å². The molecule has 0 fully saturated rings. The van der Waals surface area contributed by atoms with Gasteiger partial charge in [0.25, 0.3) is 0 Å². The Balaban J connectivity index is 3.51. The Morgan fingerprint density at radius 3 is 2.00 bits per heavy atom. The lowest BCUT2D eigenvalue weighted by molar-refractivity contribution is 0.196. The summed E-state index contributed by atoms with van der Waals surface area (Å²) in [5.41, 5.74) is 0.176. The number of primary sulfonamides is 2. The van der Waals surface area contributed by atoms with Crippen LogP contribution in [0.5, 0.6) is 0 Å². The third-order valence-corrected chi connectivity index (χ3v) is 3.95. The fraction of sp³-hybridized carbons (Fsp3) is 0.250. The molecule has 0 saturated carbocycles. The summed E-state index contributed by atoms with van der Waals surface area (Å²) >= 11 is 0. The molecule has 0 unspecified atom stereocenters. The summed E-state index contributed by atoms with van der Waals surface area (Å²) in [5.74, 6) is 0. The highest BCUT2D eigenvalue weighted by Gasteiger charge is 2.18. The molecule has 0 aliphatic rings. The van der Waals surface area contributed by atoms with Crippen LogP contribution in [-0.2, 0) is 31.6 Å². The van der Waals surface area contributed by atoms with E-state index in [9.17, 15) is 21.9 Å². The van der Waals surface area contributed by atoms with Crippen LogP contribution in [0.2, 0.25) is 0 Å². The van der Waals surface area contributed by atoms with E-state index >= 15 is 0 Å². The summed E-state index contributed by atoms with van der Waals surface area (Å²) in [7, 11) is -8.11. The summed E-state index contributed by atoms with van der Waals surface area (Å²) < 4.78 is 44.6. The standard InChI is InChI=1S/C8H11N2O5S2/c9-16(12,13)7-2-1-6(3-4-11)8(5-7)17(10,14)15/h1-2,5H,3-4H2,(H2,9,12,13)(H2,10,14,15). The molecule has 0 heterocycles. The second-order valence-electron chi connectivity index (χ2n) is 3.31. The minimum absolute atomic E-state index is 0.0589. The average Bonchev–Trinajstić information content (AvgIpc) is 2.15. The maximum absolute atomic E-state index is 11.2. The first kappa shape index (κ1) is 14.1. The van der Waals surface area contributed by atoms with Gasteiger partial charge in [0.05, 0.1) is 16.4 Å². The highest BCUT2D eigenvalue weighted by molar-refractivity contribution is 7.90. The van der Waals surface area contributed by atoms with Crippen LogP contribution >= 0.6 is 0 Å². The molecule has 0 amide bonds. The van der Waals surface area contributed by atoms with Crippen LogP contribution in [0.25, 0.3) is 0 Å². The third-order valence-electron chi connectivity index (χ3n) is 2.05. The van der Waals surface area contributed by atoms with Gasteiger partial charge in [-0.25, -0.2) is 32.2 Å². The van der Waals surface area contributed by atoms with E-state index in [2.05, 4.69) is 0 Å². The van der Waals surface area contributed by atoms with E-state index in [0.717, 1.165) is 12.1 Å². The van der Waals surface area contributed by atoms with Gasteiger partial charge in [0.2, 0.25) is 20.0 Å². The van der Waals surface area contributed by atoms with Crippen LogP contribution < -0.4 is 10.3 Å². The predicted molar refractivity (Wildman–Crippen MR) is 58.4 cm³/mol. The van der Waals surface area contributed by atoms with E-state index in [1.54, 1.807) is 0 Å². The predicted octanol–water partition coefficient (Wildman–Crippen LogP) is -1.05. The molecule has 7 nitrogen and oxygen atoms in total. The highest BCUT2D eigenvalue weighted by atomic mass is 32.2. The van der Waals surface area contributed by atoms with E-state index in [-0.39, 0.29) is 21.8 Å². The minimum atomic E-state index is -4.10. The Bertz CT molecular complexity index is 621. The quantitative estimate of drug-likeness (QED) is 0.725. The van der Waals surface area contributed by atoms with Crippen molar-refractivity contribution in [3.63, 3.8) is 0 Å². The van der Waals surface area contributed by atoms with Gasteiger partial charge in [0.15, 0.2) is 0 Å². The van der Waals surface area contributed by atoms with Gasteiger partial charge in [-0.2, -0.15) is 0 Å². The molecule has 0 atom stereocenters. The molecule has 9 heteroatoms. The molecule has 1 radical (unpaired) electrons. The number of benzene rings is 1. The Morgan fingerprint density at radius 1 is 1.00 bits per heavy atom. The van der Waals surface area contributed by atoms with Crippen LogP contribution in [0.15, 0.2) is 28.0 Å². The maximum Gasteiger partial charge on any atom is 0.238 e. The molecule has 0 bridgehead atoms. The first-order valence-corrected chi connectivity index (χ1v) is 7.52. The van der Waals surface area contributed by atoms with Crippen molar-refractivity contribution in [1.29, 1.82) is 0 Å². The minimum Gasteiger partial charge on any atom is -0.236 e. The lowest BCUT2D eigenvalue weighted by Gasteiger charge is -2.07. The number of nitrogens with two attached hydrogens (primary N) is 2. The van der Waals surface area contributed by atoms with Crippen LogP contribution in [0.4, 0.5) is 0 Å². The second kappa shape index (κ2) is 4.70. The zero-order valence-corrected chi connectivity index (χ0v) is 10.3. The summed E-state index contributed by atoms with van der Waals surface area (Å²) in [6.45, 7) is -0.531. The molecular formula is C8H11N2O5S2. The van der Waals surface area contributed by atoms with Gasteiger partial charge in [-0.15, -0.1) is 0 Å². The SMILES string of the molecule is NS(=O)(=O)c1ccc(CC[O])c(S(N)(=O)=O)c1. The number of hydrogen-bond donors (Lipinski definition) is 2. The lowest BCUT2D eigenvalue weighted by atomic mass is 10.2. The number of hydrogen-bond acceptors (Lipinski definition) is 4. The molecule has 0 aliphatic carbocycles. The fourth-order valence-electron chi connectivity index (χ4n) is 1.29. The van der Waals surface area contributed by atoms with Gasteiger partial charge >= 0.3 is 0 Å². The molecule has 4 N–H and O–H groups in total. The van der Waals surface area contributed by atoms with Crippen LogP contribution in [-0.4, -0.2) is 23.4 Å². The Labute approximate surface area is 99.2 Å². The van der Waals surface area contributed by atoms with Crippen molar-refractivity contribution in [3.8, 4) is 0 Å². The second-order valence-corrected chi connectivity index (χ2v) is 6.40. The van der Waals surface area contributed by atoms with Crippen molar-refractivity contribution in [2.45, 2.75) is 16.2 Å². The smallest absolute Gasteiger partial charge is 0.236 e. The van der Waals surface area contributed by atoms with Crippen LogP contribution in [0, 0.1) is 0 Å². The summed E-state index contributed by atoms with van der Waals surface area (Å²) in [4.78, 5) is -0.754. The topological polar surface area (TPSA) is 140 Å².